The molecule has 1 saturated heterocycles. The van der Waals surface area contributed by atoms with Crippen LogP contribution in [0.2, 0.25) is 0 Å². The van der Waals surface area contributed by atoms with Crippen molar-refractivity contribution in [1.82, 2.24) is 4.31 Å². The van der Waals surface area contributed by atoms with Gasteiger partial charge in [0.25, 0.3) is 10.0 Å². The topological polar surface area (TPSA) is 40.6 Å². The van der Waals surface area contributed by atoms with Crippen LogP contribution in [0.1, 0.15) is 11.6 Å². The fraction of sp³-hybridized carbons (Fsp3) is 0.0952. The van der Waals surface area contributed by atoms with Gasteiger partial charge < -0.3 is 4.90 Å². The first kappa shape index (κ1) is 17.7. The Morgan fingerprint density at radius 1 is 0.778 bits per heavy atom. The van der Waals surface area contributed by atoms with Gasteiger partial charge >= 0.3 is 0 Å². The van der Waals surface area contributed by atoms with Crippen molar-refractivity contribution in [2.75, 3.05) is 11.4 Å². The lowest BCUT2D eigenvalue weighted by Gasteiger charge is -2.25. The molecular weight excluding hydrogens is 376 g/mol. The minimum absolute atomic E-state index is 0.181. The summed E-state index contributed by atoms with van der Waals surface area (Å²) in [5, 5.41) is 0.291. The van der Waals surface area contributed by atoms with Gasteiger partial charge in [0.1, 0.15) is 0 Å². The van der Waals surface area contributed by atoms with Gasteiger partial charge in [-0.05, 0) is 42.0 Å². The molecule has 1 aliphatic heterocycles. The first-order chi connectivity index (χ1) is 13.1. The van der Waals surface area contributed by atoms with Crippen LogP contribution in [0.15, 0.2) is 95.9 Å². The highest BCUT2D eigenvalue weighted by atomic mass is 32.2. The number of rotatable bonds is 4. The van der Waals surface area contributed by atoms with Gasteiger partial charge in [-0.3, -0.25) is 0 Å². The molecule has 0 amide bonds. The van der Waals surface area contributed by atoms with Crippen LogP contribution >= 0.6 is 12.2 Å². The van der Waals surface area contributed by atoms with Gasteiger partial charge in [0.05, 0.1) is 17.5 Å². The first-order valence-corrected chi connectivity index (χ1v) is 10.4. The lowest BCUT2D eigenvalue weighted by molar-refractivity contribution is 0.527. The van der Waals surface area contributed by atoms with Gasteiger partial charge in [-0.25, -0.2) is 12.7 Å². The number of anilines is 1. The summed E-state index contributed by atoms with van der Waals surface area (Å²) in [6.45, 7) is 0.273. The Bertz CT molecular complexity index is 1040. The van der Waals surface area contributed by atoms with E-state index in [1.165, 1.54) is 4.31 Å². The van der Waals surface area contributed by atoms with E-state index in [-0.39, 0.29) is 17.5 Å². The van der Waals surface area contributed by atoms with Crippen LogP contribution in [0.5, 0.6) is 0 Å². The molecule has 0 spiro atoms. The van der Waals surface area contributed by atoms with Crippen LogP contribution in [-0.4, -0.2) is 24.4 Å². The Labute approximate surface area is 164 Å². The molecule has 136 valence electrons. The Balaban J connectivity index is 1.79. The van der Waals surface area contributed by atoms with E-state index in [4.69, 9.17) is 12.2 Å². The maximum Gasteiger partial charge on any atom is 0.266 e. The standard InChI is InChI=1S/C21H18N2O2S2/c24-27(25,19-14-8-3-9-15-19)22-16-20(17-10-4-1-5-11-17)23(21(22)26)18-12-6-2-7-13-18/h1-15,20H,16H2. The molecule has 1 aliphatic rings. The van der Waals surface area contributed by atoms with E-state index in [9.17, 15) is 8.42 Å². The molecule has 1 unspecified atom stereocenters. The fourth-order valence-electron chi connectivity index (χ4n) is 3.30. The normalized spacial score (nSPS) is 17.3. The van der Waals surface area contributed by atoms with Crippen molar-refractivity contribution in [2.24, 2.45) is 0 Å². The van der Waals surface area contributed by atoms with Crippen LogP contribution in [0.4, 0.5) is 5.69 Å². The summed E-state index contributed by atoms with van der Waals surface area (Å²) in [4.78, 5) is 2.17. The SMILES string of the molecule is O=S(=O)(c1ccccc1)N1CC(c2ccccc2)N(c2ccccc2)C1=S. The Morgan fingerprint density at radius 3 is 1.89 bits per heavy atom. The Hall–Kier alpha value is -2.70. The number of thiocarbonyl (C=S) groups is 1. The van der Waals surface area contributed by atoms with Crippen molar-refractivity contribution in [3.8, 4) is 0 Å². The van der Waals surface area contributed by atoms with E-state index >= 15 is 0 Å². The predicted molar refractivity (Wildman–Crippen MR) is 111 cm³/mol. The van der Waals surface area contributed by atoms with Crippen LogP contribution in [0.3, 0.4) is 0 Å². The van der Waals surface area contributed by atoms with E-state index < -0.39 is 10.0 Å². The highest BCUT2D eigenvalue weighted by molar-refractivity contribution is 7.91. The summed E-state index contributed by atoms with van der Waals surface area (Å²) in [7, 11) is -3.72. The van der Waals surface area contributed by atoms with Crippen molar-refractivity contribution in [3.63, 3.8) is 0 Å². The number of hydrogen-bond donors (Lipinski definition) is 0. The molecule has 27 heavy (non-hydrogen) atoms. The highest BCUT2D eigenvalue weighted by Gasteiger charge is 2.42. The zero-order chi connectivity index (χ0) is 18.9. The minimum Gasteiger partial charge on any atom is -0.309 e. The quantitative estimate of drug-likeness (QED) is 0.621. The first-order valence-electron chi connectivity index (χ1n) is 8.60. The lowest BCUT2D eigenvalue weighted by atomic mass is 10.1. The summed E-state index contributed by atoms with van der Waals surface area (Å²) in [6.07, 6.45) is 0. The van der Waals surface area contributed by atoms with Gasteiger partial charge in [-0.1, -0.05) is 66.7 Å². The van der Waals surface area contributed by atoms with Crippen molar-refractivity contribution in [3.05, 3.63) is 96.6 Å². The van der Waals surface area contributed by atoms with Crippen LogP contribution < -0.4 is 4.90 Å². The zero-order valence-electron chi connectivity index (χ0n) is 14.5. The Kier molecular flexibility index (Phi) is 4.68. The third-order valence-electron chi connectivity index (χ3n) is 4.62. The molecule has 0 saturated carbocycles. The second-order valence-electron chi connectivity index (χ2n) is 6.26. The van der Waals surface area contributed by atoms with Gasteiger partial charge in [0, 0.05) is 5.69 Å². The third-order valence-corrected chi connectivity index (χ3v) is 6.92. The van der Waals surface area contributed by atoms with Gasteiger partial charge in [0.15, 0.2) is 5.11 Å². The molecule has 1 fully saturated rings. The van der Waals surface area contributed by atoms with Gasteiger partial charge in [0.2, 0.25) is 0 Å². The largest absolute Gasteiger partial charge is 0.309 e. The molecule has 0 aromatic heterocycles. The van der Waals surface area contributed by atoms with Crippen LogP contribution in [-0.2, 0) is 10.0 Å². The van der Waals surface area contributed by atoms with Crippen LogP contribution in [0, 0.1) is 0 Å². The summed E-state index contributed by atoms with van der Waals surface area (Å²) in [5.41, 5.74) is 1.90. The van der Waals surface area contributed by atoms with Crippen molar-refractivity contribution >= 4 is 33.0 Å². The molecule has 4 rings (SSSR count). The van der Waals surface area contributed by atoms with Gasteiger partial charge in [-0.2, -0.15) is 0 Å². The maximum absolute atomic E-state index is 13.2. The number of sulfonamides is 1. The molecule has 1 heterocycles. The number of benzene rings is 3. The molecule has 0 aliphatic carbocycles. The van der Waals surface area contributed by atoms with Crippen molar-refractivity contribution in [2.45, 2.75) is 10.9 Å². The van der Waals surface area contributed by atoms with E-state index in [2.05, 4.69) is 0 Å². The van der Waals surface area contributed by atoms with Crippen molar-refractivity contribution < 1.29 is 8.42 Å². The Morgan fingerprint density at radius 2 is 1.30 bits per heavy atom. The van der Waals surface area contributed by atoms with Gasteiger partial charge in [-0.15, -0.1) is 0 Å². The molecule has 3 aromatic rings. The second-order valence-corrected chi connectivity index (χ2v) is 8.49. The summed E-state index contributed by atoms with van der Waals surface area (Å²) >= 11 is 5.64. The number of nitrogens with zero attached hydrogens (tertiary/aromatic N) is 2. The summed E-state index contributed by atoms with van der Waals surface area (Å²) < 4.78 is 27.8. The molecule has 0 radical (unpaired) electrons. The minimum atomic E-state index is -3.72. The second kappa shape index (κ2) is 7.13. The molecular formula is C21H18N2O2S2. The molecule has 1 atom stereocenters. The molecule has 0 N–H and O–H groups in total. The average Bonchev–Trinajstić information content (AvgIpc) is 3.08. The van der Waals surface area contributed by atoms with E-state index in [0.29, 0.717) is 5.11 Å². The predicted octanol–water partition coefficient (Wildman–Crippen LogP) is 4.22. The maximum atomic E-state index is 13.2. The van der Waals surface area contributed by atoms with Crippen molar-refractivity contribution in [1.29, 1.82) is 0 Å². The molecule has 3 aromatic carbocycles. The summed E-state index contributed by atoms with van der Waals surface area (Å²) in [5.74, 6) is 0. The molecule has 4 nitrogen and oxygen atoms in total. The van der Waals surface area contributed by atoms with E-state index in [1.807, 2.05) is 65.6 Å². The number of para-hydroxylation sites is 1. The monoisotopic (exact) mass is 394 g/mol. The lowest BCUT2D eigenvalue weighted by Crippen LogP contribution is -2.36. The van der Waals surface area contributed by atoms with Crippen LogP contribution in [0.25, 0.3) is 0 Å². The zero-order valence-corrected chi connectivity index (χ0v) is 16.1. The molecule has 0 bridgehead atoms. The summed E-state index contributed by atoms with van der Waals surface area (Å²) in [6, 6.07) is 27.8. The average molecular weight is 395 g/mol. The van der Waals surface area contributed by atoms with E-state index in [0.717, 1.165) is 11.3 Å². The molecule has 6 heteroatoms. The third kappa shape index (κ3) is 3.22. The highest BCUT2D eigenvalue weighted by Crippen LogP contribution is 2.37. The van der Waals surface area contributed by atoms with E-state index in [1.54, 1.807) is 30.3 Å². The smallest absolute Gasteiger partial charge is 0.266 e. The number of hydrogen-bond acceptors (Lipinski definition) is 3. The fourth-order valence-corrected chi connectivity index (χ4v) is 5.29.